The molecule has 0 spiro atoms. The monoisotopic (exact) mass is 397 g/mol. The number of nitrogens with zero attached hydrogens (tertiary/aromatic N) is 2. The maximum absolute atomic E-state index is 11.7. The zero-order valence-electron chi connectivity index (χ0n) is 17.0. The van der Waals surface area contributed by atoms with Crippen molar-refractivity contribution in [2.75, 3.05) is 12.3 Å². The lowest BCUT2D eigenvalue weighted by Gasteiger charge is -2.16. The van der Waals surface area contributed by atoms with E-state index in [1.807, 2.05) is 0 Å². The molecule has 0 bridgehead atoms. The fourth-order valence-corrected chi connectivity index (χ4v) is 2.00. The topological polar surface area (TPSA) is 134 Å². The zero-order chi connectivity index (χ0) is 21.9. The maximum atomic E-state index is 11.7. The summed E-state index contributed by atoms with van der Waals surface area (Å²) in [7, 11) is 0. The highest BCUT2D eigenvalue weighted by atomic mass is 16.6. The van der Waals surface area contributed by atoms with E-state index >= 15 is 0 Å². The van der Waals surface area contributed by atoms with Crippen LogP contribution in [0.1, 0.15) is 46.8 Å². The van der Waals surface area contributed by atoms with Gasteiger partial charge < -0.3 is 20.3 Å². The number of nitrogen functional groups attached to an aromatic ring is 1. The number of nitrogens with two attached hydrogens (primary N) is 1. The van der Waals surface area contributed by atoms with E-state index in [4.69, 9.17) is 20.3 Å². The Morgan fingerprint density at radius 3 is 2.36 bits per heavy atom. The lowest BCUT2D eigenvalue weighted by molar-refractivity contribution is -0.152. The number of hydrogen-bond donors (Lipinski definition) is 2. The van der Waals surface area contributed by atoms with Gasteiger partial charge in [-0.15, -0.1) is 13.2 Å². The molecular formula is C19H31N3O6. The van der Waals surface area contributed by atoms with Gasteiger partial charge in [-0.05, 0) is 18.9 Å². The molecule has 0 amide bonds. The summed E-state index contributed by atoms with van der Waals surface area (Å²) < 4.78 is 12.2. The van der Waals surface area contributed by atoms with Crippen molar-refractivity contribution in [3.63, 3.8) is 0 Å². The van der Waals surface area contributed by atoms with Crippen molar-refractivity contribution >= 4 is 17.8 Å². The van der Waals surface area contributed by atoms with E-state index in [1.54, 1.807) is 40.0 Å². The third-order valence-corrected chi connectivity index (χ3v) is 3.62. The van der Waals surface area contributed by atoms with Crippen LogP contribution in [0.5, 0.6) is 0 Å². The van der Waals surface area contributed by atoms with Gasteiger partial charge in [-0.25, -0.2) is 4.79 Å². The molecule has 2 rings (SSSR count). The highest BCUT2D eigenvalue weighted by Crippen LogP contribution is 2.27. The summed E-state index contributed by atoms with van der Waals surface area (Å²) in [6, 6.07) is 1.55. The van der Waals surface area contributed by atoms with E-state index < -0.39 is 11.7 Å². The minimum atomic E-state index is -0.741. The fraction of sp³-hybridized carbons (Fsp3) is 0.579. The van der Waals surface area contributed by atoms with Crippen LogP contribution in [0.25, 0.3) is 0 Å². The number of ether oxygens (including phenoxy) is 2. The summed E-state index contributed by atoms with van der Waals surface area (Å²) in [6.07, 6.45) is 2.41. The van der Waals surface area contributed by atoms with Gasteiger partial charge in [0.25, 0.3) is 0 Å². The van der Waals surface area contributed by atoms with Gasteiger partial charge in [0.1, 0.15) is 18.7 Å². The van der Waals surface area contributed by atoms with Crippen LogP contribution < -0.4 is 11.4 Å². The van der Waals surface area contributed by atoms with Gasteiger partial charge in [-0.2, -0.15) is 4.98 Å². The third-order valence-electron chi connectivity index (χ3n) is 3.62. The number of rotatable bonds is 5. The molecule has 9 heteroatoms. The van der Waals surface area contributed by atoms with Crippen molar-refractivity contribution in [3.8, 4) is 0 Å². The fourth-order valence-electron chi connectivity index (χ4n) is 2.00. The van der Waals surface area contributed by atoms with Crippen molar-refractivity contribution in [3.05, 3.63) is 35.9 Å². The van der Waals surface area contributed by atoms with E-state index in [9.17, 15) is 14.4 Å². The average molecular weight is 397 g/mol. The highest BCUT2D eigenvalue weighted by molar-refractivity contribution is 5.71. The summed E-state index contributed by atoms with van der Waals surface area (Å²) in [4.78, 5) is 36.4. The predicted octanol–water partition coefficient (Wildman–Crippen LogP) is 2.23. The van der Waals surface area contributed by atoms with Gasteiger partial charge in [0.2, 0.25) is 0 Å². The number of anilines is 1. The standard InChI is InChI=1S/C13H19N3O4.C4H8O2.C2H4/c1-8(2)12(17)19-7-9-3-4-11(20-9)16-6-5-10(14)15-13(16)18;1-3(2)4(5)6;1-2/h5-6,8-9,11H,3-4,7H2,1-2H3,(H2,14,15,18);3H,1-2H3,(H,5,6);1-2H2. The molecule has 1 saturated heterocycles. The zero-order valence-corrected chi connectivity index (χ0v) is 17.0. The summed E-state index contributed by atoms with van der Waals surface area (Å²) in [5.74, 6) is -1.19. The maximum Gasteiger partial charge on any atom is 0.351 e. The Morgan fingerprint density at radius 2 is 1.89 bits per heavy atom. The smallest absolute Gasteiger partial charge is 0.351 e. The number of carbonyl (C=O) groups excluding carboxylic acids is 1. The van der Waals surface area contributed by atoms with Crippen LogP contribution in [0, 0.1) is 11.8 Å². The second-order valence-electron chi connectivity index (χ2n) is 6.61. The highest BCUT2D eigenvalue weighted by Gasteiger charge is 2.28. The number of aromatic nitrogens is 2. The second-order valence-corrected chi connectivity index (χ2v) is 6.61. The van der Waals surface area contributed by atoms with Gasteiger partial charge >= 0.3 is 17.6 Å². The number of carboxylic acid groups (broad SMARTS) is 1. The molecule has 28 heavy (non-hydrogen) atoms. The molecule has 3 N–H and O–H groups in total. The lowest BCUT2D eigenvalue weighted by Crippen LogP contribution is -2.28. The predicted molar refractivity (Wildman–Crippen MR) is 106 cm³/mol. The van der Waals surface area contributed by atoms with Crippen molar-refractivity contribution in [2.24, 2.45) is 11.8 Å². The molecule has 9 nitrogen and oxygen atoms in total. The second kappa shape index (κ2) is 12.7. The molecule has 1 aliphatic heterocycles. The third kappa shape index (κ3) is 8.81. The molecular weight excluding hydrogens is 366 g/mol. The normalized spacial score (nSPS) is 17.9. The Kier molecular flexibility index (Phi) is 11.4. The van der Waals surface area contributed by atoms with Crippen LogP contribution in [-0.4, -0.2) is 39.3 Å². The Labute approximate surface area is 165 Å². The minimum Gasteiger partial charge on any atom is -0.481 e. The molecule has 158 valence electrons. The quantitative estimate of drug-likeness (QED) is 0.571. The molecule has 1 aromatic heterocycles. The van der Waals surface area contributed by atoms with Gasteiger partial charge in [-0.1, -0.05) is 27.7 Å². The van der Waals surface area contributed by atoms with E-state index in [-0.39, 0.29) is 42.6 Å². The van der Waals surface area contributed by atoms with Crippen LogP contribution in [0.15, 0.2) is 30.2 Å². The van der Waals surface area contributed by atoms with Crippen LogP contribution in [0.4, 0.5) is 5.82 Å². The molecule has 2 heterocycles. The van der Waals surface area contributed by atoms with E-state index in [0.29, 0.717) is 6.42 Å². The number of hydrogen-bond acceptors (Lipinski definition) is 7. The van der Waals surface area contributed by atoms with Crippen LogP contribution in [0.3, 0.4) is 0 Å². The molecule has 2 atom stereocenters. The first-order valence-electron chi connectivity index (χ1n) is 9.01. The molecule has 0 aromatic carbocycles. The van der Waals surface area contributed by atoms with Gasteiger partial charge in [0.15, 0.2) is 0 Å². The van der Waals surface area contributed by atoms with Gasteiger partial charge in [0, 0.05) is 6.20 Å². The lowest BCUT2D eigenvalue weighted by atomic mass is 10.2. The average Bonchev–Trinajstić information content (AvgIpc) is 3.10. The van der Waals surface area contributed by atoms with Crippen molar-refractivity contribution in [1.29, 1.82) is 0 Å². The van der Waals surface area contributed by atoms with E-state index in [2.05, 4.69) is 18.1 Å². The van der Waals surface area contributed by atoms with Crippen LogP contribution in [-0.2, 0) is 19.1 Å². The summed E-state index contributed by atoms with van der Waals surface area (Å²) >= 11 is 0. The Bertz CT molecular complexity index is 686. The summed E-state index contributed by atoms with van der Waals surface area (Å²) in [5.41, 5.74) is 5.00. The molecule has 1 fully saturated rings. The number of carboxylic acids is 1. The summed E-state index contributed by atoms with van der Waals surface area (Å²) in [5, 5.41) is 7.99. The first-order valence-corrected chi connectivity index (χ1v) is 9.01. The number of aliphatic carboxylic acids is 1. The first kappa shape index (κ1) is 25.3. The largest absolute Gasteiger partial charge is 0.481 e. The summed E-state index contributed by atoms with van der Waals surface area (Å²) in [6.45, 7) is 13.1. The van der Waals surface area contributed by atoms with Gasteiger partial charge in [0.05, 0.1) is 17.9 Å². The Morgan fingerprint density at radius 1 is 1.32 bits per heavy atom. The number of carbonyl (C=O) groups is 2. The first-order chi connectivity index (χ1) is 13.1. The molecule has 1 aliphatic rings. The van der Waals surface area contributed by atoms with Crippen LogP contribution >= 0.6 is 0 Å². The molecule has 1 aromatic rings. The minimum absolute atomic E-state index is 0.156. The molecule has 0 aliphatic carbocycles. The molecule has 0 radical (unpaired) electrons. The van der Waals surface area contributed by atoms with Crippen molar-refractivity contribution in [1.82, 2.24) is 9.55 Å². The molecule has 2 unspecified atom stereocenters. The Balaban J connectivity index is 0.000000780. The van der Waals surface area contributed by atoms with Gasteiger partial charge in [-0.3, -0.25) is 14.2 Å². The van der Waals surface area contributed by atoms with E-state index in [0.717, 1.165) is 6.42 Å². The molecule has 0 saturated carbocycles. The number of esters is 1. The SMILES string of the molecule is C=C.CC(C)C(=O)O.CC(C)C(=O)OCC1CCC(n2ccc(N)nc2=O)O1. The Hall–Kier alpha value is -2.68. The van der Waals surface area contributed by atoms with Crippen LogP contribution in [0.2, 0.25) is 0 Å². The van der Waals surface area contributed by atoms with Crippen molar-refractivity contribution in [2.45, 2.75) is 52.9 Å². The van der Waals surface area contributed by atoms with Crippen molar-refractivity contribution < 1.29 is 24.2 Å². The van der Waals surface area contributed by atoms with E-state index in [1.165, 1.54) is 4.57 Å².